The molecule has 2 saturated heterocycles. The first kappa shape index (κ1) is 25.3. The highest BCUT2D eigenvalue weighted by molar-refractivity contribution is 5.96. The second-order valence-electron chi connectivity index (χ2n) is 9.17. The molecule has 0 bridgehead atoms. The fourth-order valence-electron chi connectivity index (χ4n) is 5.14. The lowest BCUT2D eigenvalue weighted by molar-refractivity contribution is -0.137. The summed E-state index contributed by atoms with van der Waals surface area (Å²) >= 11 is 0. The number of carbonyl (C=O) groups excluding carboxylic acids is 3. The number of piperidine rings is 1. The molecule has 2 aromatic rings. The van der Waals surface area contributed by atoms with Crippen LogP contribution in [-0.4, -0.2) is 79.7 Å². The van der Waals surface area contributed by atoms with Gasteiger partial charge in [0, 0.05) is 31.9 Å². The summed E-state index contributed by atoms with van der Waals surface area (Å²) in [5, 5.41) is 5.78. The van der Waals surface area contributed by atoms with Crippen LogP contribution in [0.2, 0.25) is 0 Å². The van der Waals surface area contributed by atoms with Crippen LogP contribution in [0.5, 0.6) is 5.75 Å². The molecule has 2 aromatic carbocycles. The fourth-order valence-corrected chi connectivity index (χ4v) is 5.14. The Balaban J connectivity index is 1.42. The number of para-hydroxylation sites is 2. The zero-order chi connectivity index (χ0) is 25.5. The Morgan fingerprint density at radius 3 is 2.39 bits per heavy atom. The molecule has 0 saturated carbocycles. The molecule has 0 radical (unpaired) electrons. The van der Waals surface area contributed by atoms with Gasteiger partial charge in [0.15, 0.2) is 0 Å². The standard InChI is InChI=1S/C27H35N5O4/c1-3-28-26(35)30-17-14-27(15-18-30)25(34)31(20-32(27)22-10-5-4-6-11-22)19-24(33)29-16-13-21-9-7-8-12-23(21)36-2/h4-12H,3,13-20H2,1-2H3,(H,28,35)(H,29,33). The highest BCUT2D eigenvalue weighted by Gasteiger charge is 2.54. The van der Waals surface area contributed by atoms with Crippen LogP contribution in [0.3, 0.4) is 0 Å². The third-order valence-corrected chi connectivity index (χ3v) is 7.03. The largest absolute Gasteiger partial charge is 0.496 e. The van der Waals surface area contributed by atoms with E-state index in [0.717, 1.165) is 17.0 Å². The fraction of sp³-hybridized carbons (Fsp3) is 0.444. The zero-order valence-corrected chi connectivity index (χ0v) is 21.0. The molecule has 2 N–H and O–H groups in total. The van der Waals surface area contributed by atoms with E-state index >= 15 is 0 Å². The van der Waals surface area contributed by atoms with E-state index in [1.54, 1.807) is 16.9 Å². The molecule has 2 fully saturated rings. The SMILES string of the molecule is CCNC(=O)N1CCC2(CC1)C(=O)N(CC(=O)NCCc1ccccc1OC)CN2c1ccccc1. The number of hydrogen-bond donors (Lipinski definition) is 2. The van der Waals surface area contributed by atoms with Crippen molar-refractivity contribution < 1.29 is 19.1 Å². The van der Waals surface area contributed by atoms with Crippen molar-refractivity contribution in [2.75, 3.05) is 51.4 Å². The highest BCUT2D eigenvalue weighted by Crippen LogP contribution is 2.39. The number of rotatable bonds is 8. The van der Waals surface area contributed by atoms with E-state index in [1.807, 2.05) is 61.5 Å². The van der Waals surface area contributed by atoms with Gasteiger partial charge in [-0.1, -0.05) is 36.4 Å². The lowest BCUT2D eigenvalue weighted by Crippen LogP contribution is -2.58. The molecule has 9 heteroatoms. The van der Waals surface area contributed by atoms with Crippen LogP contribution >= 0.6 is 0 Å². The molecular formula is C27H35N5O4. The lowest BCUT2D eigenvalue weighted by Gasteiger charge is -2.43. The number of likely N-dealkylation sites (tertiary alicyclic amines) is 1. The summed E-state index contributed by atoms with van der Waals surface area (Å²) in [7, 11) is 1.63. The van der Waals surface area contributed by atoms with Gasteiger partial charge in [-0.2, -0.15) is 0 Å². The maximum absolute atomic E-state index is 13.8. The predicted octanol–water partition coefficient (Wildman–Crippen LogP) is 2.22. The number of methoxy groups -OCH3 is 1. The van der Waals surface area contributed by atoms with E-state index in [2.05, 4.69) is 15.5 Å². The average Bonchev–Trinajstić information content (AvgIpc) is 3.16. The number of nitrogens with one attached hydrogen (secondary N) is 2. The Labute approximate surface area is 212 Å². The summed E-state index contributed by atoms with van der Waals surface area (Å²) in [6, 6.07) is 17.4. The molecule has 36 heavy (non-hydrogen) atoms. The van der Waals surface area contributed by atoms with Gasteiger partial charge in [0.25, 0.3) is 5.91 Å². The Morgan fingerprint density at radius 1 is 1.00 bits per heavy atom. The van der Waals surface area contributed by atoms with E-state index in [0.29, 0.717) is 52.1 Å². The molecule has 2 heterocycles. The molecular weight excluding hydrogens is 458 g/mol. The van der Waals surface area contributed by atoms with Crippen molar-refractivity contribution in [3.63, 3.8) is 0 Å². The van der Waals surface area contributed by atoms with Crippen molar-refractivity contribution in [3.8, 4) is 5.75 Å². The van der Waals surface area contributed by atoms with E-state index in [-0.39, 0.29) is 24.4 Å². The third-order valence-electron chi connectivity index (χ3n) is 7.03. The second-order valence-corrected chi connectivity index (χ2v) is 9.17. The van der Waals surface area contributed by atoms with Crippen molar-refractivity contribution in [1.29, 1.82) is 0 Å². The van der Waals surface area contributed by atoms with E-state index in [4.69, 9.17) is 4.74 Å². The monoisotopic (exact) mass is 493 g/mol. The van der Waals surface area contributed by atoms with Crippen molar-refractivity contribution in [2.24, 2.45) is 0 Å². The number of urea groups is 1. The number of carbonyl (C=O) groups is 3. The van der Waals surface area contributed by atoms with Crippen molar-refractivity contribution in [2.45, 2.75) is 31.7 Å². The predicted molar refractivity (Wildman–Crippen MR) is 138 cm³/mol. The molecule has 4 amide bonds. The van der Waals surface area contributed by atoms with Crippen LogP contribution in [0.4, 0.5) is 10.5 Å². The molecule has 0 unspecified atom stereocenters. The van der Waals surface area contributed by atoms with Crippen LogP contribution in [-0.2, 0) is 16.0 Å². The van der Waals surface area contributed by atoms with Gasteiger partial charge < -0.3 is 30.1 Å². The summed E-state index contributed by atoms with van der Waals surface area (Å²) in [5.74, 6) is 0.547. The molecule has 192 valence electrons. The normalized spacial score (nSPS) is 16.8. The summed E-state index contributed by atoms with van der Waals surface area (Å²) in [6.07, 6.45) is 1.67. The number of hydrogen-bond acceptors (Lipinski definition) is 5. The first-order chi connectivity index (χ1) is 17.5. The first-order valence-electron chi connectivity index (χ1n) is 12.5. The van der Waals surface area contributed by atoms with E-state index < -0.39 is 5.54 Å². The average molecular weight is 494 g/mol. The van der Waals surface area contributed by atoms with Gasteiger partial charge in [0.05, 0.1) is 13.8 Å². The van der Waals surface area contributed by atoms with Crippen molar-refractivity contribution >= 4 is 23.5 Å². The molecule has 1 spiro atoms. The Bertz CT molecular complexity index is 1070. The summed E-state index contributed by atoms with van der Waals surface area (Å²) in [6.45, 7) is 4.21. The molecule has 2 aliphatic heterocycles. The number of ether oxygens (including phenoxy) is 1. The molecule has 9 nitrogen and oxygen atoms in total. The number of amides is 4. The quantitative estimate of drug-likeness (QED) is 0.588. The van der Waals surface area contributed by atoms with Crippen LogP contribution < -0.4 is 20.3 Å². The van der Waals surface area contributed by atoms with Crippen molar-refractivity contribution in [1.82, 2.24) is 20.4 Å². The first-order valence-corrected chi connectivity index (χ1v) is 12.5. The lowest BCUT2D eigenvalue weighted by atomic mass is 9.85. The minimum Gasteiger partial charge on any atom is -0.496 e. The minimum atomic E-state index is -0.762. The summed E-state index contributed by atoms with van der Waals surface area (Å²) < 4.78 is 5.38. The summed E-state index contributed by atoms with van der Waals surface area (Å²) in [4.78, 5) is 44.4. The second kappa shape index (κ2) is 11.3. The zero-order valence-electron chi connectivity index (χ0n) is 21.0. The van der Waals surface area contributed by atoms with Gasteiger partial charge in [-0.3, -0.25) is 9.59 Å². The molecule has 0 atom stereocenters. The van der Waals surface area contributed by atoms with Gasteiger partial charge in [0.1, 0.15) is 17.8 Å². The van der Waals surface area contributed by atoms with Crippen LogP contribution in [0.1, 0.15) is 25.3 Å². The molecule has 0 aliphatic carbocycles. The topological polar surface area (TPSA) is 94.2 Å². The van der Waals surface area contributed by atoms with E-state index in [1.165, 1.54) is 0 Å². The molecule has 4 rings (SSSR count). The van der Waals surface area contributed by atoms with Gasteiger partial charge >= 0.3 is 6.03 Å². The third kappa shape index (κ3) is 5.24. The van der Waals surface area contributed by atoms with Gasteiger partial charge in [-0.05, 0) is 49.9 Å². The van der Waals surface area contributed by atoms with Crippen LogP contribution in [0.25, 0.3) is 0 Å². The van der Waals surface area contributed by atoms with Gasteiger partial charge in [-0.25, -0.2) is 4.79 Å². The van der Waals surface area contributed by atoms with E-state index in [9.17, 15) is 14.4 Å². The Kier molecular flexibility index (Phi) is 7.97. The maximum Gasteiger partial charge on any atom is 0.317 e. The Hall–Kier alpha value is -3.75. The van der Waals surface area contributed by atoms with Gasteiger partial charge in [-0.15, -0.1) is 0 Å². The maximum atomic E-state index is 13.8. The number of nitrogens with zero attached hydrogens (tertiary/aromatic N) is 3. The van der Waals surface area contributed by atoms with Crippen LogP contribution in [0.15, 0.2) is 54.6 Å². The highest BCUT2D eigenvalue weighted by atomic mass is 16.5. The summed E-state index contributed by atoms with van der Waals surface area (Å²) in [5.41, 5.74) is 1.20. The molecule has 2 aliphatic rings. The van der Waals surface area contributed by atoms with Crippen LogP contribution in [0, 0.1) is 0 Å². The smallest absolute Gasteiger partial charge is 0.317 e. The molecule has 0 aromatic heterocycles. The van der Waals surface area contributed by atoms with Gasteiger partial charge in [0.2, 0.25) is 5.91 Å². The van der Waals surface area contributed by atoms with Crippen molar-refractivity contribution in [3.05, 3.63) is 60.2 Å². The Morgan fingerprint density at radius 2 is 1.69 bits per heavy atom. The number of anilines is 1. The minimum absolute atomic E-state index is 0.00409. The number of benzene rings is 2.